The van der Waals surface area contributed by atoms with E-state index in [0.717, 1.165) is 44.6 Å². The smallest absolute Gasteiger partial charge is 0.340 e. The van der Waals surface area contributed by atoms with Crippen LogP contribution >= 0.6 is 11.3 Å². The van der Waals surface area contributed by atoms with Crippen molar-refractivity contribution < 1.29 is 27.5 Å². The summed E-state index contributed by atoms with van der Waals surface area (Å²) in [4.78, 5) is 45.5. The Morgan fingerprint density at radius 2 is 1.81 bits per heavy atom. The number of ketones is 1. The molecule has 0 atom stereocenters. The molecule has 1 aliphatic carbocycles. The number of carbonyl (C=O) groups is 3. The number of nitrogens with one attached hydrogen (secondary N) is 2. The van der Waals surface area contributed by atoms with Crippen molar-refractivity contribution in [1.82, 2.24) is 9.97 Å². The van der Waals surface area contributed by atoms with Crippen LogP contribution in [0.4, 0.5) is 15.6 Å². The molecule has 1 saturated carbocycles. The number of sulfone groups is 1. The van der Waals surface area contributed by atoms with Crippen molar-refractivity contribution in [3.63, 3.8) is 0 Å². The van der Waals surface area contributed by atoms with E-state index in [1.54, 1.807) is 18.2 Å². The summed E-state index contributed by atoms with van der Waals surface area (Å²) in [5.41, 5.74) is 1.51. The van der Waals surface area contributed by atoms with Crippen LogP contribution in [0.1, 0.15) is 52.0 Å². The monoisotopic (exact) mass is 528 g/mol. The van der Waals surface area contributed by atoms with Gasteiger partial charge in [-0.15, -0.1) is 0 Å². The number of carbonyl (C=O) groups excluding carboxylic acids is 3. The largest absolute Gasteiger partial charge is 0.465 e. The van der Waals surface area contributed by atoms with Gasteiger partial charge in [0.25, 0.3) is 0 Å². The summed E-state index contributed by atoms with van der Waals surface area (Å²) in [5.74, 6) is -0.889. The van der Waals surface area contributed by atoms with Gasteiger partial charge in [-0.2, -0.15) is 0 Å². The van der Waals surface area contributed by atoms with E-state index in [2.05, 4.69) is 25.3 Å². The molecule has 1 aliphatic rings. The third-order valence-corrected chi connectivity index (χ3v) is 8.90. The lowest BCUT2D eigenvalue weighted by Gasteiger charge is -2.14. The van der Waals surface area contributed by atoms with Crippen molar-refractivity contribution in [2.24, 2.45) is 5.92 Å². The minimum atomic E-state index is -4.20. The van der Waals surface area contributed by atoms with Gasteiger partial charge in [-0.1, -0.05) is 35.8 Å². The summed E-state index contributed by atoms with van der Waals surface area (Å²) >= 11 is 0.705. The number of anilines is 2. The van der Waals surface area contributed by atoms with Gasteiger partial charge in [0.1, 0.15) is 4.21 Å². The molecule has 2 heterocycles. The third kappa shape index (κ3) is 5.29. The van der Waals surface area contributed by atoms with Crippen LogP contribution in [-0.4, -0.2) is 43.3 Å². The molecule has 3 aromatic rings. The highest BCUT2D eigenvalue weighted by Gasteiger charge is 2.29. The van der Waals surface area contributed by atoms with Gasteiger partial charge in [-0.25, -0.2) is 28.0 Å². The number of aromatic nitrogens is 2. The number of amides is 2. The summed E-state index contributed by atoms with van der Waals surface area (Å²) < 4.78 is 30.6. The normalized spacial score (nSPS) is 13.8. The molecule has 0 bridgehead atoms. The molecule has 2 aromatic heterocycles. The van der Waals surface area contributed by atoms with Crippen LogP contribution in [0.2, 0.25) is 0 Å². The van der Waals surface area contributed by atoms with E-state index >= 15 is 0 Å². The summed E-state index contributed by atoms with van der Waals surface area (Å²) in [6.07, 6.45) is 6.03. The number of ether oxygens (including phenoxy) is 1. The van der Waals surface area contributed by atoms with E-state index in [1.165, 1.54) is 18.3 Å². The quantitative estimate of drug-likeness (QED) is 0.337. The lowest BCUT2D eigenvalue weighted by molar-refractivity contribution is 0.0595. The number of Topliss-reactive ketones (excluding diaryl/α,β-unsaturated/α-hetero) is 1. The molecule has 2 amide bonds. The highest BCUT2D eigenvalue weighted by Crippen LogP contribution is 2.32. The van der Waals surface area contributed by atoms with Gasteiger partial charge in [-0.05, 0) is 44.0 Å². The van der Waals surface area contributed by atoms with E-state index in [4.69, 9.17) is 0 Å². The van der Waals surface area contributed by atoms with E-state index in [0.29, 0.717) is 22.6 Å². The number of hydrogen-bond donors (Lipinski definition) is 2. The predicted molar refractivity (Wildman–Crippen MR) is 133 cm³/mol. The van der Waals surface area contributed by atoms with Crippen LogP contribution in [0.5, 0.6) is 0 Å². The van der Waals surface area contributed by atoms with Crippen LogP contribution in [0.25, 0.3) is 0 Å². The Labute approximate surface area is 212 Å². The lowest BCUT2D eigenvalue weighted by Crippen LogP contribution is -2.22. The average Bonchev–Trinajstić information content (AvgIpc) is 3.57. The maximum absolute atomic E-state index is 13.1. The number of pyridine rings is 1. The van der Waals surface area contributed by atoms with E-state index < -0.39 is 26.9 Å². The first-order chi connectivity index (χ1) is 17.2. The first-order valence-electron chi connectivity index (χ1n) is 11.2. The minimum Gasteiger partial charge on any atom is -0.465 e. The minimum absolute atomic E-state index is 0.00546. The van der Waals surface area contributed by atoms with Gasteiger partial charge in [0.05, 0.1) is 24.6 Å². The van der Waals surface area contributed by atoms with Crippen molar-refractivity contribution >= 4 is 49.8 Å². The van der Waals surface area contributed by atoms with Crippen LogP contribution in [-0.2, 0) is 14.6 Å². The van der Waals surface area contributed by atoms with Crippen molar-refractivity contribution in [2.75, 3.05) is 17.7 Å². The lowest BCUT2D eigenvalue weighted by atomic mass is 9.94. The molecule has 36 heavy (non-hydrogen) atoms. The number of aryl methyl sites for hydroxylation is 1. The van der Waals surface area contributed by atoms with Gasteiger partial charge in [-0.3, -0.25) is 10.1 Å². The Morgan fingerprint density at radius 3 is 2.53 bits per heavy atom. The Kier molecular flexibility index (Phi) is 7.45. The number of esters is 1. The molecule has 12 heteroatoms. The number of benzene rings is 1. The highest BCUT2D eigenvalue weighted by atomic mass is 32.2. The maximum atomic E-state index is 13.1. The number of methoxy groups -OCH3 is 1. The van der Waals surface area contributed by atoms with Crippen LogP contribution in [0.15, 0.2) is 52.0 Å². The Hall–Kier alpha value is -3.64. The summed E-state index contributed by atoms with van der Waals surface area (Å²) in [6, 6.07) is 7.27. The molecule has 1 fully saturated rings. The molecule has 10 nitrogen and oxygen atoms in total. The maximum Gasteiger partial charge on any atom is 0.340 e. The molecular weight excluding hydrogens is 504 g/mol. The molecule has 2 N–H and O–H groups in total. The third-order valence-electron chi connectivity index (χ3n) is 5.82. The zero-order chi connectivity index (χ0) is 25.9. The summed E-state index contributed by atoms with van der Waals surface area (Å²) in [5, 5.41) is 4.72. The van der Waals surface area contributed by atoms with Gasteiger partial charge in [0.15, 0.2) is 15.9 Å². The zero-order valence-electron chi connectivity index (χ0n) is 19.6. The zero-order valence-corrected chi connectivity index (χ0v) is 21.2. The first kappa shape index (κ1) is 25.5. The van der Waals surface area contributed by atoms with Crippen molar-refractivity contribution in [3.8, 4) is 0 Å². The second-order valence-corrected chi connectivity index (χ2v) is 11.4. The average molecular weight is 529 g/mol. The van der Waals surface area contributed by atoms with E-state index in [9.17, 15) is 22.8 Å². The van der Waals surface area contributed by atoms with Crippen LogP contribution in [0, 0.1) is 12.8 Å². The fraction of sp³-hybridized carbons (Fsp3) is 0.292. The summed E-state index contributed by atoms with van der Waals surface area (Å²) in [6.45, 7) is 1.88. The predicted octanol–water partition coefficient (Wildman–Crippen LogP) is 4.48. The fourth-order valence-corrected chi connectivity index (χ4v) is 6.52. The standard InChI is InChI=1S/C24H24N4O6S2/c1-14-9-10-18(17(12-14)20(29)15-6-3-4-7-15)27-23(31)28-24-26-13-19(35-24)36(32,33)21-16(22(30)34-2)8-5-11-25-21/h5,8-13,15H,3-4,6-7H2,1-2H3,(H2,26,27,28,31). The summed E-state index contributed by atoms with van der Waals surface area (Å²) in [7, 11) is -3.06. The van der Waals surface area contributed by atoms with Crippen molar-refractivity contribution in [1.29, 1.82) is 0 Å². The van der Waals surface area contributed by atoms with Crippen LogP contribution in [0.3, 0.4) is 0 Å². The number of nitrogens with zero attached hydrogens (tertiary/aromatic N) is 2. The molecule has 188 valence electrons. The number of urea groups is 1. The Morgan fingerprint density at radius 1 is 1.06 bits per heavy atom. The molecule has 1 aromatic carbocycles. The Balaban J connectivity index is 1.52. The first-order valence-corrected chi connectivity index (χ1v) is 13.5. The van der Waals surface area contributed by atoms with Gasteiger partial charge < -0.3 is 10.1 Å². The van der Waals surface area contributed by atoms with Gasteiger partial charge in [0.2, 0.25) is 9.84 Å². The van der Waals surface area contributed by atoms with E-state index in [1.807, 2.05) is 6.92 Å². The SMILES string of the molecule is COC(=O)c1cccnc1S(=O)(=O)c1cnc(NC(=O)Nc2ccc(C)cc2C(=O)C2CCCC2)s1. The second kappa shape index (κ2) is 10.5. The molecule has 0 unspecified atom stereocenters. The molecule has 0 aliphatic heterocycles. The number of rotatable bonds is 7. The van der Waals surface area contributed by atoms with Crippen molar-refractivity contribution in [3.05, 3.63) is 59.4 Å². The fourth-order valence-electron chi connectivity index (χ4n) is 4.04. The van der Waals surface area contributed by atoms with Gasteiger partial charge in [0, 0.05) is 17.7 Å². The van der Waals surface area contributed by atoms with Crippen LogP contribution < -0.4 is 10.6 Å². The van der Waals surface area contributed by atoms with Crippen molar-refractivity contribution in [2.45, 2.75) is 41.8 Å². The molecule has 0 spiro atoms. The van der Waals surface area contributed by atoms with Gasteiger partial charge >= 0.3 is 12.0 Å². The topological polar surface area (TPSA) is 144 Å². The molecule has 4 rings (SSSR count). The van der Waals surface area contributed by atoms with E-state index in [-0.39, 0.29) is 26.6 Å². The molecule has 0 saturated heterocycles. The number of hydrogen-bond acceptors (Lipinski definition) is 9. The molecule has 0 radical (unpaired) electrons. The highest BCUT2D eigenvalue weighted by molar-refractivity contribution is 7.93. The second-order valence-electron chi connectivity index (χ2n) is 8.31. The Bertz CT molecular complexity index is 1430. The number of thiazole rings is 1. The molecular formula is C24H24N4O6S2.